The zero-order chi connectivity index (χ0) is 11.6. The lowest BCUT2D eigenvalue weighted by atomic mass is 9.88. The molecule has 0 heterocycles. The maximum absolute atomic E-state index is 3.77. The fourth-order valence-corrected chi connectivity index (χ4v) is 2.71. The van der Waals surface area contributed by atoms with Crippen LogP contribution in [0, 0.1) is 20.8 Å². The van der Waals surface area contributed by atoms with E-state index in [2.05, 4.69) is 62.7 Å². The van der Waals surface area contributed by atoms with Gasteiger partial charge in [0.2, 0.25) is 0 Å². The summed E-state index contributed by atoms with van der Waals surface area (Å²) in [7, 11) is 0. The van der Waals surface area contributed by atoms with Crippen LogP contribution in [0.4, 0.5) is 0 Å². The van der Waals surface area contributed by atoms with Crippen LogP contribution in [0.3, 0.4) is 0 Å². The SMILES string of the molecule is CCC(Br)C(C)c1c(C)cc(C)cc1C. The van der Waals surface area contributed by atoms with Crippen molar-refractivity contribution in [2.45, 2.75) is 51.8 Å². The molecule has 1 heteroatoms. The van der Waals surface area contributed by atoms with E-state index in [1.807, 2.05) is 0 Å². The summed E-state index contributed by atoms with van der Waals surface area (Å²) in [4.78, 5) is 0.581. The second-order valence-electron chi connectivity index (χ2n) is 4.53. The van der Waals surface area contributed by atoms with Crippen molar-refractivity contribution in [2.24, 2.45) is 0 Å². The van der Waals surface area contributed by atoms with Gasteiger partial charge in [-0.05, 0) is 49.8 Å². The molecule has 0 bridgehead atoms. The van der Waals surface area contributed by atoms with Gasteiger partial charge >= 0.3 is 0 Å². The molecule has 0 saturated heterocycles. The number of rotatable bonds is 3. The van der Waals surface area contributed by atoms with Gasteiger partial charge < -0.3 is 0 Å². The number of hydrogen-bond donors (Lipinski definition) is 0. The van der Waals surface area contributed by atoms with E-state index < -0.39 is 0 Å². The van der Waals surface area contributed by atoms with Gasteiger partial charge in [-0.2, -0.15) is 0 Å². The third-order valence-electron chi connectivity index (χ3n) is 3.13. The highest BCUT2D eigenvalue weighted by atomic mass is 79.9. The molecule has 1 rings (SSSR count). The standard InChI is InChI=1S/C14H21Br/c1-6-13(15)12(5)14-10(3)7-9(2)8-11(14)4/h7-8,12-13H,6H2,1-5H3. The summed E-state index contributed by atoms with van der Waals surface area (Å²) in [5.74, 6) is 0.593. The van der Waals surface area contributed by atoms with Gasteiger partial charge in [0.1, 0.15) is 0 Å². The molecule has 84 valence electrons. The first-order chi connectivity index (χ1) is 6.97. The van der Waals surface area contributed by atoms with Crippen LogP contribution in [-0.2, 0) is 0 Å². The molecule has 0 N–H and O–H groups in total. The van der Waals surface area contributed by atoms with Gasteiger partial charge in [0.05, 0.1) is 0 Å². The second-order valence-corrected chi connectivity index (χ2v) is 5.70. The first kappa shape index (κ1) is 12.8. The maximum Gasteiger partial charge on any atom is 0.0209 e. The molecule has 0 amide bonds. The maximum atomic E-state index is 3.77. The highest BCUT2D eigenvalue weighted by Gasteiger charge is 2.18. The molecule has 0 saturated carbocycles. The Kier molecular flexibility index (Phi) is 4.39. The topological polar surface area (TPSA) is 0 Å². The highest BCUT2D eigenvalue weighted by molar-refractivity contribution is 9.09. The molecule has 1 aromatic rings. The third-order valence-corrected chi connectivity index (χ3v) is 4.57. The van der Waals surface area contributed by atoms with Crippen molar-refractivity contribution < 1.29 is 0 Å². The van der Waals surface area contributed by atoms with Crippen LogP contribution >= 0.6 is 15.9 Å². The van der Waals surface area contributed by atoms with Gasteiger partial charge in [0, 0.05) is 4.83 Å². The minimum absolute atomic E-state index is 0.581. The predicted molar refractivity (Wildman–Crippen MR) is 72.1 cm³/mol. The van der Waals surface area contributed by atoms with Crippen molar-refractivity contribution in [3.05, 3.63) is 34.4 Å². The summed E-state index contributed by atoms with van der Waals surface area (Å²) in [6.45, 7) is 11.2. The van der Waals surface area contributed by atoms with E-state index >= 15 is 0 Å². The van der Waals surface area contributed by atoms with Crippen molar-refractivity contribution in [1.29, 1.82) is 0 Å². The third kappa shape index (κ3) is 2.84. The molecule has 0 radical (unpaired) electrons. The van der Waals surface area contributed by atoms with E-state index in [0.29, 0.717) is 10.7 Å². The van der Waals surface area contributed by atoms with Crippen LogP contribution in [0.1, 0.15) is 48.4 Å². The summed E-state index contributed by atoms with van der Waals surface area (Å²) in [5, 5.41) is 0. The summed E-state index contributed by atoms with van der Waals surface area (Å²) >= 11 is 3.77. The lowest BCUT2D eigenvalue weighted by Gasteiger charge is -2.22. The van der Waals surface area contributed by atoms with Gasteiger partial charge in [-0.25, -0.2) is 0 Å². The first-order valence-electron chi connectivity index (χ1n) is 5.69. The van der Waals surface area contributed by atoms with E-state index in [9.17, 15) is 0 Å². The molecule has 0 aliphatic rings. The van der Waals surface area contributed by atoms with Crippen molar-refractivity contribution in [1.82, 2.24) is 0 Å². The Bertz CT molecular complexity index is 318. The molecule has 0 aliphatic heterocycles. The van der Waals surface area contributed by atoms with Crippen molar-refractivity contribution in [2.75, 3.05) is 0 Å². The molecule has 0 spiro atoms. The Morgan fingerprint density at radius 2 is 1.60 bits per heavy atom. The molecule has 0 aliphatic carbocycles. The summed E-state index contributed by atoms with van der Waals surface area (Å²) in [6, 6.07) is 4.57. The van der Waals surface area contributed by atoms with E-state index in [1.54, 1.807) is 0 Å². The van der Waals surface area contributed by atoms with Gasteiger partial charge in [0.25, 0.3) is 0 Å². The zero-order valence-corrected chi connectivity index (χ0v) is 12.0. The molecule has 0 aromatic heterocycles. The normalized spacial score (nSPS) is 15.1. The average Bonchev–Trinajstić information content (AvgIpc) is 2.14. The number of aryl methyl sites for hydroxylation is 3. The fraction of sp³-hybridized carbons (Fsp3) is 0.571. The van der Waals surface area contributed by atoms with Gasteiger partial charge in [0.15, 0.2) is 0 Å². The Hall–Kier alpha value is -0.300. The molecule has 1 aromatic carbocycles. The largest absolute Gasteiger partial charge is 0.0884 e. The van der Waals surface area contributed by atoms with E-state index in [4.69, 9.17) is 0 Å². The van der Waals surface area contributed by atoms with Crippen LogP contribution < -0.4 is 0 Å². The molecule has 15 heavy (non-hydrogen) atoms. The first-order valence-corrected chi connectivity index (χ1v) is 6.60. The predicted octanol–water partition coefficient (Wildman–Crippen LogP) is 4.89. The molecule has 2 unspecified atom stereocenters. The highest BCUT2D eigenvalue weighted by Crippen LogP contribution is 2.32. The smallest absolute Gasteiger partial charge is 0.0209 e. The Balaban J connectivity index is 3.13. The minimum Gasteiger partial charge on any atom is -0.0884 e. The molecule has 0 nitrogen and oxygen atoms in total. The Morgan fingerprint density at radius 1 is 1.13 bits per heavy atom. The minimum atomic E-state index is 0.581. The lowest BCUT2D eigenvalue weighted by molar-refractivity contribution is 0.686. The number of alkyl halides is 1. The van der Waals surface area contributed by atoms with E-state index in [1.165, 1.54) is 28.7 Å². The average molecular weight is 269 g/mol. The van der Waals surface area contributed by atoms with Crippen molar-refractivity contribution >= 4 is 15.9 Å². The number of benzene rings is 1. The summed E-state index contributed by atoms with van der Waals surface area (Å²) in [6.07, 6.45) is 1.17. The van der Waals surface area contributed by atoms with Gasteiger partial charge in [-0.1, -0.05) is 47.5 Å². The number of halogens is 1. The lowest BCUT2D eigenvalue weighted by Crippen LogP contribution is -2.11. The second kappa shape index (κ2) is 5.16. The molecular formula is C14H21Br. The van der Waals surface area contributed by atoms with Crippen LogP contribution in [-0.4, -0.2) is 4.83 Å². The van der Waals surface area contributed by atoms with Crippen LogP contribution in [0.15, 0.2) is 12.1 Å². The zero-order valence-electron chi connectivity index (χ0n) is 10.4. The number of hydrogen-bond acceptors (Lipinski definition) is 0. The Labute approximate surface area is 102 Å². The van der Waals surface area contributed by atoms with Crippen molar-refractivity contribution in [3.63, 3.8) is 0 Å². The summed E-state index contributed by atoms with van der Waals surface area (Å²) in [5.41, 5.74) is 5.74. The quantitative estimate of drug-likeness (QED) is 0.685. The van der Waals surface area contributed by atoms with E-state index in [0.717, 1.165) is 0 Å². The Morgan fingerprint density at radius 3 is 2.00 bits per heavy atom. The van der Waals surface area contributed by atoms with Crippen LogP contribution in [0.25, 0.3) is 0 Å². The van der Waals surface area contributed by atoms with Crippen molar-refractivity contribution in [3.8, 4) is 0 Å². The molecule has 2 atom stereocenters. The monoisotopic (exact) mass is 268 g/mol. The van der Waals surface area contributed by atoms with E-state index in [-0.39, 0.29) is 0 Å². The van der Waals surface area contributed by atoms with Crippen LogP contribution in [0.2, 0.25) is 0 Å². The van der Waals surface area contributed by atoms with Gasteiger partial charge in [-0.3, -0.25) is 0 Å². The van der Waals surface area contributed by atoms with Crippen LogP contribution in [0.5, 0.6) is 0 Å². The van der Waals surface area contributed by atoms with Gasteiger partial charge in [-0.15, -0.1) is 0 Å². The molecular weight excluding hydrogens is 248 g/mol. The summed E-state index contributed by atoms with van der Waals surface area (Å²) < 4.78 is 0. The molecule has 0 fully saturated rings. The fourth-order valence-electron chi connectivity index (χ4n) is 2.44.